The molecule has 110 valence electrons. The van der Waals surface area contributed by atoms with Gasteiger partial charge in [0, 0.05) is 18.3 Å². The highest BCUT2D eigenvalue weighted by Gasteiger charge is 2.14. The summed E-state index contributed by atoms with van der Waals surface area (Å²) in [4.78, 5) is 26.6. The summed E-state index contributed by atoms with van der Waals surface area (Å²) in [5.41, 5.74) is 2.37. The number of anilines is 1. The molecule has 1 heterocycles. The summed E-state index contributed by atoms with van der Waals surface area (Å²) in [6.07, 6.45) is 0.595. The number of thiazole rings is 1. The van der Waals surface area contributed by atoms with Gasteiger partial charge in [-0.15, -0.1) is 11.3 Å². The summed E-state index contributed by atoms with van der Waals surface area (Å²) >= 11 is 1.48. The van der Waals surface area contributed by atoms with Crippen LogP contribution in [-0.4, -0.2) is 33.7 Å². The highest BCUT2D eigenvalue weighted by Crippen LogP contribution is 2.27. The topological polar surface area (TPSA) is 112 Å². The molecule has 2 aromatic rings. The summed E-state index contributed by atoms with van der Waals surface area (Å²) in [7, 11) is 0. The number of carbonyl (C=O) groups is 2. The second kappa shape index (κ2) is 6.71. The minimum absolute atomic E-state index is 0.0426. The number of aromatic carboxylic acids is 1. The number of aromatic nitrogens is 1. The monoisotopic (exact) mass is 307 g/mol. The van der Waals surface area contributed by atoms with E-state index in [2.05, 4.69) is 15.6 Å². The van der Waals surface area contributed by atoms with E-state index in [9.17, 15) is 14.7 Å². The molecule has 7 nitrogen and oxygen atoms in total. The summed E-state index contributed by atoms with van der Waals surface area (Å²) in [5.74, 6) is -1.74. The SMILES string of the molecule is O=C(NCCc1cscn1)Nc1cccc(C(=O)O)c1O. The van der Waals surface area contributed by atoms with Crippen LogP contribution in [0.4, 0.5) is 10.5 Å². The normalized spacial score (nSPS) is 10.1. The van der Waals surface area contributed by atoms with E-state index >= 15 is 0 Å². The van der Waals surface area contributed by atoms with Crippen molar-refractivity contribution in [3.8, 4) is 5.75 Å². The van der Waals surface area contributed by atoms with Crippen molar-refractivity contribution in [1.29, 1.82) is 0 Å². The zero-order valence-corrected chi connectivity index (χ0v) is 11.7. The van der Waals surface area contributed by atoms with E-state index in [1.165, 1.54) is 29.5 Å². The number of para-hydroxylation sites is 1. The van der Waals surface area contributed by atoms with Crippen molar-refractivity contribution in [3.05, 3.63) is 40.3 Å². The number of urea groups is 1. The molecule has 0 aliphatic heterocycles. The smallest absolute Gasteiger partial charge is 0.339 e. The van der Waals surface area contributed by atoms with Crippen LogP contribution >= 0.6 is 11.3 Å². The zero-order chi connectivity index (χ0) is 15.2. The number of carbonyl (C=O) groups excluding carboxylic acids is 1. The number of benzene rings is 1. The fourth-order valence-corrected chi connectivity index (χ4v) is 2.24. The number of hydrogen-bond acceptors (Lipinski definition) is 5. The average Bonchev–Trinajstić information content (AvgIpc) is 2.94. The maximum Gasteiger partial charge on any atom is 0.339 e. The highest BCUT2D eigenvalue weighted by atomic mass is 32.1. The first-order chi connectivity index (χ1) is 10.1. The largest absolute Gasteiger partial charge is 0.505 e. The lowest BCUT2D eigenvalue weighted by Crippen LogP contribution is -2.30. The zero-order valence-electron chi connectivity index (χ0n) is 10.9. The van der Waals surface area contributed by atoms with Crippen molar-refractivity contribution < 1.29 is 19.8 Å². The molecule has 4 N–H and O–H groups in total. The lowest BCUT2D eigenvalue weighted by molar-refractivity contribution is 0.0693. The van der Waals surface area contributed by atoms with Gasteiger partial charge >= 0.3 is 12.0 Å². The lowest BCUT2D eigenvalue weighted by atomic mass is 10.1. The Hall–Kier alpha value is -2.61. The molecule has 2 rings (SSSR count). The van der Waals surface area contributed by atoms with E-state index in [0.717, 1.165) is 5.69 Å². The third-order valence-corrected chi connectivity index (χ3v) is 3.30. The van der Waals surface area contributed by atoms with Gasteiger partial charge in [-0.05, 0) is 12.1 Å². The van der Waals surface area contributed by atoms with Crippen LogP contribution in [0.1, 0.15) is 16.1 Å². The average molecular weight is 307 g/mol. The van der Waals surface area contributed by atoms with Crippen molar-refractivity contribution in [2.24, 2.45) is 0 Å². The van der Waals surface area contributed by atoms with Crippen LogP contribution in [-0.2, 0) is 6.42 Å². The molecule has 0 aliphatic rings. The first-order valence-corrected chi connectivity index (χ1v) is 6.99. The molecule has 0 saturated heterocycles. The van der Waals surface area contributed by atoms with Crippen LogP contribution in [0.15, 0.2) is 29.1 Å². The summed E-state index contributed by atoms with van der Waals surface area (Å²) < 4.78 is 0. The molecule has 1 aromatic heterocycles. The van der Waals surface area contributed by atoms with Crippen molar-refractivity contribution in [2.75, 3.05) is 11.9 Å². The van der Waals surface area contributed by atoms with Crippen LogP contribution in [0.2, 0.25) is 0 Å². The molecule has 0 saturated carbocycles. The fourth-order valence-electron chi connectivity index (χ4n) is 1.65. The Kier molecular flexibility index (Phi) is 4.72. The fraction of sp³-hybridized carbons (Fsp3) is 0.154. The van der Waals surface area contributed by atoms with E-state index in [-0.39, 0.29) is 11.3 Å². The van der Waals surface area contributed by atoms with E-state index in [1.54, 1.807) is 5.51 Å². The predicted octanol–water partition coefficient (Wildman–Crippen LogP) is 1.91. The molecule has 0 radical (unpaired) electrons. The van der Waals surface area contributed by atoms with Crippen LogP contribution < -0.4 is 10.6 Å². The molecule has 1 aromatic carbocycles. The second-order valence-corrected chi connectivity index (χ2v) is 4.84. The number of nitrogens with one attached hydrogen (secondary N) is 2. The van der Waals surface area contributed by atoms with Gasteiger partial charge in [0.2, 0.25) is 0 Å². The summed E-state index contributed by atoms with van der Waals surface area (Å²) in [5, 5.41) is 25.5. The minimum Gasteiger partial charge on any atom is -0.505 e. The molecule has 2 amide bonds. The summed E-state index contributed by atoms with van der Waals surface area (Å²) in [6, 6.07) is 3.59. The van der Waals surface area contributed by atoms with Crippen LogP contribution in [0.25, 0.3) is 0 Å². The Labute approximate surface area is 124 Å². The number of aromatic hydroxyl groups is 1. The Balaban J connectivity index is 1.90. The molecule has 0 unspecified atom stereocenters. The second-order valence-electron chi connectivity index (χ2n) is 4.12. The summed E-state index contributed by atoms with van der Waals surface area (Å²) in [6.45, 7) is 0.384. The Morgan fingerprint density at radius 1 is 1.33 bits per heavy atom. The first-order valence-electron chi connectivity index (χ1n) is 6.05. The maximum atomic E-state index is 11.7. The standard InChI is InChI=1S/C13H13N3O4S/c17-11-9(12(18)19)2-1-3-10(11)16-13(20)14-5-4-8-6-21-7-15-8/h1-3,6-7,17H,4-5H2,(H,18,19)(H2,14,16,20). The highest BCUT2D eigenvalue weighted by molar-refractivity contribution is 7.07. The number of phenols is 1. The minimum atomic E-state index is -1.26. The van der Waals surface area contributed by atoms with Gasteiger partial charge in [-0.1, -0.05) is 6.07 Å². The quantitative estimate of drug-likeness (QED) is 0.630. The maximum absolute atomic E-state index is 11.7. The van der Waals surface area contributed by atoms with Crippen molar-refractivity contribution in [2.45, 2.75) is 6.42 Å². The van der Waals surface area contributed by atoms with E-state index in [1.807, 2.05) is 5.38 Å². The third-order valence-electron chi connectivity index (χ3n) is 2.66. The van der Waals surface area contributed by atoms with E-state index < -0.39 is 17.7 Å². The van der Waals surface area contributed by atoms with Crippen molar-refractivity contribution in [3.63, 3.8) is 0 Å². The number of carboxylic acids is 1. The van der Waals surface area contributed by atoms with Crippen LogP contribution in [0, 0.1) is 0 Å². The van der Waals surface area contributed by atoms with Gasteiger partial charge in [0.05, 0.1) is 16.9 Å². The number of rotatable bonds is 5. The molecule has 0 spiro atoms. The van der Waals surface area contributed by atoms with Gasteiger partial charge in [-0.2, -0.15) is 0 Å². The van der Waals surface area contributed by atoms with Crippen LogP contribution in [0.5, 0.6) is 5.75 Å². The molecule has 0 fully saturated rings. The predicted molar refractivity (Wildman–Crippen MR) is 77.9 cm³/mol. The first kappa shape index (κ1) is 14.8. The van der Waals surface area contributed by atoms with Gasteiger partial charge in [-0.3, -0.25) is 0 Å². The van der Waals surface area contributed by atoms with Gasteiger partial charge in [0.15, 0.2) is 5.75 Å². The number of hydrogen-bond donors (Lipinski definition) is 4. The van der Waals surface area contributed by atoms with Crippen LogP contribution in [0.3, 0.4) is 0 Å². The molecule has 0 bridgehead atoms. The molecule has 0 aliphatic carbocycles. The van der Waals surface area contributed by atoms with E-state index in [0.29, 0.717) is 13.0 Å². The van der Waals surface area contributed by atoms with Crippen molar-refractivity contribution >= 4 is 29.0 Å². The number of amides is 2. The van der Waals surface area contributed by atoms with Crippen molar-refractivity contribution in [1.82, 2.24) is 10.3 Å². The van der Waals surface area contributed by atoms with Gasteiger partial charge in [0.25, 0.3) is 0 Å². The molecular weight excluding hydrogens is 294 g/mol. The van der Waals surface area contributed by atoms with Gasteiger partial charge in [-0.25, -0.2) is 14.6 Å². The van der Waals surface area contributed by atoms with E-state index in [4.69, 9.17) is 5.11 Å². The molecule has 0 atom stereocenters. The lowest BCUT2D eigenvalue weighted by Gasteiger charge is -2.10. The molecule has 21 heavy (non-hydrogen) atoms. The Morgan fingerprint density at radius 3 is 2.81 bits per heavy atom. The third kappa shape index (κ3) is 3.93. The molecule has 8 heteroatoms. The number of nitrogens with zero attached hydrogens (tertiary/aromatic N) is 1. The number of carboxylic acid groups (broad SMARTS) is 1. The van der Waals surface area contributed by atoms with Gasteiger partial charge in [0.1, 0.15) is 5.56 Å². The Morgan fingerprint density at radius 2 is 2.14 bits per heavy atom. The van der Waals surface area contributed by atoms with Gasteiger partial charge < -0.3 is 20.8 Å². The Bertz CT molecular complexity index is 643. The molecular formula is C13H13N3O4S.